The third-order valence-electron chi connectivity index (χ3n) is 4.94. The molecule has 1 fully saturated rings. The lowest BCUT2D eigenvalue weighted by molar-refractivity contribution is -0.114. The lowest BCUT2D eigenvalue weighted by Crippen LogP contribution is -2.49. The van der Waals surface area contributed by atoms with Crippen molar-refractivity contribution in [1.29, 1.82) is 0 Å². The second-order valence-electron chi connectivity index (χ2n) is 6.76. The summed E-state index contributed by atoms with van der Waals surface area (Å²) in [6.45, 7) is 8.83. The third-order valence-corrected chi connectivity index (χ3v) is 4.94. The highest BCUT2D eigenvalue weighted by atomic mass is 16.2. The number of amides is 2. The molecule has 3 rings (SSSR count). The molecule has 2 aromatic rings. The number of hydrogen-bond donors (Lipinski definition) is 1. The topological polar surface area (TPSA) is 52.7 Å². The molecule has 1 N–H and O–H groups in total. The predicted molar refractivity (Wildman–Crippen MR) is 105 cm³/mol. The Morgan fingerprint density at radius 1 is 0.923 bits per heavy atom. The van der Waals surface area contributed by atoms with Gasteiger partial charge in [-0.15, -0.1) is 0 Å². The molecule has 5 heteroatoms. The molecule has 0 bridgehead atoms. The molecule has 2 aromatic carbocycles. The van der Waals surface area contributed by atoms with Gasteiger partial charge in [-0.1, -0.05) is 12.1 Å². The van der Waals surface area contributed by atoms with Crippen molar-refractivity contribution in [3.63, 3.8) is 0 Å². The third kappa shape index (κ3) is 3.87. The van der Waals surface area contributed by atoms with Gasteiger partial charge in [0.1, 0.15) is 0 Å². The van der Waals surface area contributed by atoms with Crippen molar-refractivity contribution in [2.24, 2.45) is 0 Å². The van der Waals surface area contributed by atoms with Crippen molar-refractivity contribution < 1.29 is 9.59 Å². The first kappa shape index (κ1) is 18.0. The average Bonchev–Trinajstić information content (AvgIpc) is 2.64. The van der Waals surface area contributed by atoms with E-state index >= 15 is 0 Å². The molecule has 26 heavy (non-hydrogen) atoms. The molecule has 0 radical (unpaired) electrons. The first-order valence-corrected chi connectivity index (χ1v) is 8.94. The van der Waals surface area contributed by atoms with Crippen molar-refractivity contribution in [2.45, 2.75) is 20.8 Å². The number of anilines is 2. The standard InChI is InChI=1S/C21H25N3O2/c1-15-5-4-6-20(16(15)2)23-11-13-24(14-12-23)21(26)18-7-9-19(10-8-18)22-17(3)25/h4-10H,11-14H2,1-3H3,(H,22,25). The zero-order chi connectivity index (χ0) is 18.7. The van der Waals surface area contributed by atoms with E-state index in [0.717, 1.165) is 13.1 Å². The van der Waals surface area contributed by atoms with E-state index in [-0.39, 0.29) is 11.8 Å². The number of aryl methyl sites for hydroxylation is 1. The quantitative estimate of drug-likeness (QED) is 0.924. The molecule has 1 aliphatic heterocycles. The van der Waals surface area contributed by atoms with Crippen LogP contribution in [0.2, 0.25) is 0 Å². The van der Waals surface area contributed by atoms with Crippen molar-refractivity contribution in [3.05, 3.63) is 59.2 Å². The second-order valence-corrected chi connectivity index (χ2v) is 6.76. The summed E-state index contributed by atoms with van der Waals surface area (Å²) in [6.07, 6.45) is 0. The summed E-state index contributed by atoms with van der Waals surface area (Å²) in [6, 6.07) is 13.4. The second kappa shape index (κ2) is 7.60. The highest BCUT2D eigenvalue weighted by molar-refractivity contribution is 5.95. The number of rotatable bonds is 3. The fourth-order valence-corrected chi connectivity index (χ4v) is 3.31. The number of nitrogens with one attached hydrogen (secondary N) is 1. The van der Waals surface area contributed by atoms with Crippen molar-refractivity contribution in [1.82, 2.24) is 4.90 Å². The van der Waals surface area contributed by atoms with E-state index in [9.17, 15) is 9.59 Å². The Hall–Kier alpha value is -2.82. The lowest BCUT2D eigenvalue weighted by atomic mass is 10.1. The summed E-state index contributed by atoms with van der Waals surface area (Å²) in [7, 11) is 0. The van der Waals surface area contributed by atoms with Crippen LogP contribution < -0.4 is 10.2 Å². The number of nitrogens with zero attached hydrogens (tertiary/aromatic N) is 2. The molecule has 2 amide bonds. The van der Waals surface area contributed by atoms with Crippen molar-refractivity contribution in [2.75, 3.05) is 36.4 Å². The number of carbonyl (C=O) groups excluding carboxylic acids is 2. The van der Waals surface area contributed by atoms with E-state index in [1.807, 2.05) is 4.90 Å². The fourth-order valence-electron chi connectivity index (χ4n) is 3.31. The van der Waals surface area contributed by atoms with Gasteiger partial charge in [0.25, 0.3) is 5.91 Å². The lowest BCUT2D eigenvalue weighted by Gasteiger charge is -2.37. The summed E-state index contributed by atoms with van der Waals surface area (Å²) in [5, 5.41) is 2.71. The molecular weight excluding hydrogens is 326 g/mol. The highest BCUT2D eigenvalue weighted by Crippen LogP contribution is 2.24. The molecule has 0 atom stereocenters. The normalized spacial score (nSPS) is 14.3. The van der Waals surface area contributed by atoms with E-state index in [2.05, 4.69) is 42.3 Å². The summed E-state index contributed by atoms with van der Waals surface area (Å²) in [5.74, 6) is -0.0772. The molecule has 0 aromatic heterocycles. The molecule has 136 valence electrons. The Balaban J connectivity index is 1.63. The Morgan fingerprint density at radius 2 is 1.58 bits per heavy atom. The fraction of sp³-hybridized carbons (Fsp3) is 0.333. The minimum atomic E-state index is -0.119. The predicted octanol–water partition coefficient (Wildman–Crippen LogP) is 3.22. The summed E-state index contributed by atoms with van der Waals surface area (Å²) in [5.41, 5.74) is 5.21. The number of piperazine rings is 1. The minimum Gasteiger partial charge on any atom is -0.368 e. The highest BCUT2D eigenvalue weighted by Gasteiger charge is 2.23. The molecule has 0 saturated carbocycles. The Morgan fingerprint density at radius 3 is 2.19 bits per heavy atom. The first-order valence-electron chi connectivity index (χ1n) is 8.94. The van der Waals surface area contributed by atoms with Crippen LogP contribution in [-0.2, 0) is 4.79 Å². The van der Waals surface area contributed by atoms with Crippen LogP contribution in [-0.4, -0.2) is 42.9 Å². The van der Waals surface area contributed by atoms with Gasteiger partial charge in [0.05, 0.1) is 0 Å². The molecule has 0 aliphatic carbocycles. The van der Waals surface area contributed by atoms with E-state index in [0.29, 0.717) is 24.3 Å². The van der Waals surface area contributed by atoms with Crippen molar-refractivity contribution >= 4 is 23.2 Å². The van der Waals surface area contributed by atoms with E-state index < -0.39 is 0 Å². The van der Waals surface area contributed by atoms with Crippen LogP contribution in [0.25, 0.3) is 0 Å². The maximum Gasteiger partial charge on any atom is 0.253 e. The SMILES string of the molecule is CC(=O)Nc1ccc(C(=O)N2CCN(c3cccc(C)c3C)CC2)cc1. The Kier molecular flexibility index (Phi) is 5.26. The largest absolute Gasteiger partial charge is 0.368 e. The summed E-state index contributed by atoms with van der Waals surface area (Å²) in [4.78, 5) is 28.0. The van der Waals surface area contributed by atoms with Crippen molar-refractivity contribution in [3.8, 4) is 0 Å². The van der Waals surface area contributed by atoms with E-state index in [1.54, 1.807) is 24.3 Å². The van der Waals surface area contributed by atoms with Gasteiger partial charge >= 0.3 is 0 Å². The van der Waals surface area contributed by atoms with Crippen LogP contribution in [0.1, 0.15) is 28.4 Å². The average molecular weight is 351 g/mol. The van der Waals surface area contributed by atoms with Crippen LogP contribution in [0.4, 0.5) is 11.4 Å². The zero-order valence-electron chi connectivity index (χ0n) is 15.6. The molecule has 5 nitrogen and oxygen atoms in total. The van der Waals surface area contributed by atoms with Crippen LogP contribution >= 0.6 is 0 Å². The summed E-state index contributed by atoms with van der Waals surface area (Å²) < 4.78 is 0. The van der Waals surface area contributed by atoms with Gasteiger partial charge in [-0.25, -0.2) is 0 Å². The Bertz CT molecular complexity index is 807. The monoisotopic (exact) mass is 351 g/mol. The molecular formula is C21H25N3O2. The van der Waals surface area contributed by atoms with Gasteiger partial charge in [-0.3, -0.25) is 9.59 Å². The molecule has 1 heterocycles. The van der Waals surface area contributed by atoms with Gasteiger partial charge in [-0.2, -0.15) is 0 Å². The zero-order valence-corrected chi connectivity index (χ0v) is 15.6. The summed E-state index contributed by atoms with van der Waals surface area (Å²) >= 11 is 0. The van der Waals surface area contributed by atoms with Crippen LogP contribution in [0.15, 0.2) is 42.5 Å². The van der Waals surface area contributed by atoms with Gasteiger partial charge < -0.3 is 15.1 Å². The number of benzene rings is 2. The first-order chi connectivity index (χ1) is 12.5. The van der Waals surface area contributed by atoms with Gasteiger partial charge in [0.2, 0.25) is 5.91 Å². The molecule has 1 aliphatic rings. The van der Waals surface area contributed by atoms with Crippen LogP contribution in [0, 0.1) is 13.8 Å². The van der Waals surface area contributed by atoms with Crippen LogP contribution in [0.5, 0.6) is 0 Å². The van der Waals surface area contributed by atoms with Gasteiger partial charge in [0.15, 0.2) is 0 Å². The van der Waals surface area contributed by atoms with Crippen LogP contribution in [0.3, 0.4) is 0 Å². The smallest absolute Gasteiger partial charge is 0.253 e. The minimum absolute atomic E-state index is 0.0417. The maximum absolute atomic E-state index is 12.7. The van der Waals surface area contributed by atoms with E-state index in [1.165, 1.54) is 23.7 Å². The molecule has 0 unspecified atom stereocenters. The Labute approximate surface area is 154 Å². The number of hydrogen-bond acceptors (Lipinski definition) is 3. The number of carbonyl (C=O) groups is 2. The molecule has 1 saturated heterocycles. The van der Waals surface area contributed by atoms with Gasteiger partial charge in [0, 0.05) is 50.0 Å². The maximum atomic E-state index is 12.7. The molecule has 0 spiro atoms. The van der Waals surface area contributed by atoms with E-state index in [4.69, 9.17) is 0 Å². The van der Waals surface area contributed by atoms with Gasteiger partial charge in [-0.05, 0) is 55.3 Å².